The number of carbonyl (C=O) groups excluding carboxylic acids is 1. The Morgan fingerprint density at radius 3 is 2.54 bits per heavy atom. The molecule has 0 unspecified atom stereocenters. The quantitative estimate of drug-likeness (QED) is 0.422. The van der Waals surface area contributed by atoms with Crippen molar-refractivity contribution in [2.45, 2.75) is 38.0 Å². The Morgan fingerprint density at radius 2 is 1.75 bits per heavy atom. The Balaban J connectivity index is 1.55. The van der Waals surface area contributed by atoms with Gasteiger partial charge in [0.05, 0.1) is 5.56 Å². The van der Waals surface area contributed by atoms with Crippen molar-refractivity contribution in [3.63, 3.8) is 0 Å². The lowest BCUT2D eigenvalue weighted by atomic mass is 9.88. The van der Waals surface area contributed by atoms with Gasteiger partial charge >= 0.3 is 5.97 Å². The normalized spacial score (nSPS) is 15.5. The maximum Gasteiger partial charge on any atom is 0.343 e. The second-order valence-electron chi connectivity index (χ2n) is 6.44. The topological polar surface area (TPSA) is 26.3 Å². The number of fused-ring (bicyclic) bond motifs is 1. The number of benzene rings is 2. The van der Waals surface area contributed by atoms with E-state index in [4.69, 9.17) is 4.74 Å². The average molecular weight is 336 g/mol. The summed E-state index contributed by atoms with van der Waals surface area (Å²) in [5.74, 6) is 1.03. The molecule has 3 heteroatoms. The van der Waals surface area contributed by atoms with E-state index in [-0.39, 0.29) is 5.97 Å². The van der Waals surface area contributed by atoms with Gasteiger partial charge in [0.25, 0.3) is 0 Å². The predicted molar refractivity (Wildman–Crippen MR) is 99.1 cm³/mol. The maximum absolute atomic E-state index is 12.2. The molecule has 0 radical (unpaired) electrons. The van der Waals surface area contributed by atoms with Crippen LogP contribution in [0.25, 0.3) is 10.1 Å². The van der Waals surface area contributed by atoms with Crippen LogP contribution >= 0.6 is 11.3 Å². The fourth-order valence-corrected chi connectivity index (χ4v) is 4.69. The molecule has 0 N–H and O–H groups in total. The van der Waals surface area contributed by atoms with Crippen molar-refractivity contribution in [2.75, 3.05) is 0 Å². The van der Waals surface area contributed by atoms with Crippen LogP contribution in [0.15, 0.2) is 54.6 Å². The van der Waals surface area contributed by atoms with Gasteiger partial charge in [-0.05, 0) is 60.5 Å². The summed E-state index contributed by atoms with van der Waals surface area (Å²) >= 11 is 1.85. The molecule has 1 saturated carbocycles. The molecule has 0 spiro atoms. The molecule has 0 aliphatic heterocycles. The molecule has 1 aliphatic carbocycles. The molecule has 3 aromatic rings. The van der Waals surface area contributed by atoms with Crippen LogP contribution in [0.1, 0.15) is 53.3 Å². The summed E-state index contributed by atoms with van der Waals surface area (Å²) in [6, 6.07) is 17.4. The van der Waals surface area contributed by atoms with Crippen LogP contribution < -0.4 is 4.74 Å². The second-order valence-corrected chi connectivity index (χ2v) is 7.55. The van der Waals surface area contributed by atoms with E-state index in [1.54, 1.807) is 12.1 Å². The Bertz CT molecular complexity index is 845. The smallest absolute Gasteiger partial charge is 0.343 e. The molecule has 24 heavy (non-hydrogen) atoms. The highest BCUT2D eigenvalue weighted by Gasteiger charge is 2.18. The van der Waals surface area contributed by atoms with Gasteiger partial charge in [-0.15, -0.1) is 11.3 Å². The van der Waals surface area contributed by atoms with Crippen molar-refractivity contribution in [3.8, 4) is 5.75 Å². The Kier molecular flexibility index (Phi) is 4.35. The van der Waals surface area contributed by atoms with E-state index in [9.17, 15) is 4.79 Å². The summed E-state index contributed by atoms with van der Waals surface area (Å²) in [7, 11) is 0. The van der Waals surface area contributed by atoms with Gasteiger partial charge in [-0.2, -0.15) is 0 Å². The van der Waals surface area contributed by atoms with E-state index in [0.29, 0.717) is 17.2 Å². The fraction of sp³-hybridized carbons (Fsp3) is 0.286. The summed E-state index contributed by atoms with van der Waals surface area (Å²) in [6.07, 6.45) is 6.68. The number of ether oxygens (including phenoxy) is 1. The van der Waals surface area contributed by atoms with E-state index in [1.807, 2.05) is 41.7 Å². The summed E-state index contributed by atoms with van der Waals surface area (Å²) < 4.78 is 6.73. The van der Waals surface area contributed by atoms with Crippen molar-refractivity contribution in [1.82, 2.24) is 0 Å². The Hall–Kier alpha value is -2.13. The highest BCUT2D eigenvalue weighted by molar-refractivity contribution is 7.19. The van der Waals surface area contributed by atoms with Gasteiger partial charge in [0.2, 0.25) is 0 Å². The SMILES string of the molecule is O=C(Oc1ccc2cc(C3CCCCC3)sc2c1)c1ccccc1. The predicted octanol–water partition coefficient (Wildman–Crippen LogP) is 6.17. The zero-order chi connectivity index (χ0) is 16.4. The molecule has 0 amide bonds. The van der Waals surface area contributed by atoms with Crippen LogP contribution in [0.5, 0.6) is 5.75 Å². The minimum absolute atomic E-state index is 0.306. The van der Waals surface area contributed by atoms with Gasteiger partial charge in [-0.3, -0.25) is 0 Å². The van der Waals surface area contributed by atoms with Crippen molar-refractivity contribution in [2.24, 2.45) is 0 Å². The summed E-state index contributed by atoms with van der Waals surface area (Å²) in [5.41, 5.74) is 0.576. The third-order valence-corrected chi connectivity index (χ3v) is 6.00. The van der Waals surface area contributed by atoms with E-state index < -0.39 is 0 Å². The number of rotatable bonds is 3. The molecule has 1 aliphatic rings. The molecule has 1 aromatic heterocycles. The summed E-state index contributed by atoms with van der Waals surface area (Å²) in [6.45, 7) is 0. The lowest BCUT2D eigenvalue weighted by molar-refractivity contribution is 0.0735. The molecule has 0 saturated heterocycles. The van der Waals surface area contributed by atoms with Crippen LogP contribution in [0.3, 0.4) is 0 Å². The minimum Gasteiger partial charge on any atom is -0.423 e. The number of hydrogen-bond acceptors (Lipinski definition) is 3. The van der Waals surface area contributed by atoms with E-state index in [2.05, 4.69) is 12.1 Å². The first kappa shape index (κ1) is 15.4. The zero-order valence-corrected chi connectivity index (χ0v) is 14.4. The molecule has 1 heterocycles. The largest absolute Gasteiger partial charge is 0.423 e. The zero-order valence-electron chi connectivity index (χ0n) is 13.5. The maximum atomic E-state index is 12.2. The standard InChI is InChI=1S/C21H20O2S/c22-21(16-9-5-2-6-10-16)23-18-12-11-17-13-19(24-20(17)14-18)15-7-3-1-4-8-15/h2,5-6,9-15H,1,3-4,7-8H2. The van der Waals surface area contributed by atoms with Gasteiger partial charge in [0.15, 0.2) is 0 Å². The first-order chi connectivity index (χ1) is 11.8. The average Bonchev–Trinajstić information content (AvgIpc) is 3.06. The summed E-state index contributed by atoms with van der Waals surface area (Å²) in [4.78, 5) is 13.7. The number of carbonyl (C=O) groups is 1. The fourth-order valence-electron chi connectivity index (χ4n) is 3.42. The molecule has 0 bridgehead atoms. The molecule has 122 valence electrons. The first-order valence-corrected chi connectivity index (χ1v) is 9.42. The van der Waals surface area contributed by atoms with Crippen molar-refractivity contribution in [1.29, 1.82) is 0 Å². The van der Waals surface area contributed by atoms with E-state index in [0.717, 1.165) is 0 Å². The summed E-state index contributed by atoms with van der Waals surface area (Å²) in [5, 5.41) is 1.25. The number of hydrogen-bond donors (Lipinski definition) is 0. The van der Waals surface area contributed by atoms with Crippen LogP contribution in [0.2, 0.25) is 0 Å². The highest BCUT2D eigenvalue weighted by atomic mass is 32.1. The van der Waals surface area contributed by atoms with E-state index in [1.165, 1.54) is 47.1 Å². The van der Waals surface area contributed by atoms with Gasteiger partial charge in [-0.25, -0.2) is 4.79 Å². The van der Waals surface area contributed by atoms with Crippen molar-refractivity contribution in [3.05, 3.63) is 65.0 Å². The third-order valence-electron chi connectivity index (χ3n) is 4.74. The number of esters is 1. The third kappa shape index (κ3) is 3.22. The van der Waals surface area contributed by atoms with Gasteiger partial charge in [-0.1, -0.05) is 37.5 Å². The lowest BCUT2D eigenvalue weighted by Gasteiger charge is -2.19. The molecular formula is C21H20O2S. The van der Waals surface area contributed by atoms with Gasteiger partial charge in [0.1, 0.15) is 5.75 Å². The monoisotopic (exact) mass is 336 g/mol. The number of thiophene rings is 1. The van der Waals surface area contributed by atoms with E-state index >= 15 is 0 Å². The highest BCUT2D eigenvalue weighted by Crippen LogP contribution is 2.39. The van der Waals surface area contributed by atoms with Crippen LogP contribution in [0, 0.1) is 0 Å². The van der Waals surface area contributed by atoms with Crippen molar-refractivity contribution >= 4 is 27.4 Å². The first-order valence-electron chi connectivity index (χ1n) is 8.60. The van der Waals surface area contributed by atoms with Crippen LogP contribution in [-0.2, 0) is 0 Å². The molecule has 4 rings (SSSR count). The van der Waals surface area contributed by atoms with Crippen molar-refractivity contribution < 1.29 is 9.53 Å². The van der Waals surface area contributed by atoms with Crippen LogP contribution in [-0.4, -0.2) is 5.97 Å². The molecule has 2 nitrogen and oxygen atoms in total. The second kappa shape index (κ2) is 6.78. The van der Waals surface area contributed by atoms with Gasteiger partial charge in [0, 0.05) is 9.58 Å². The Morgan fingerprint density at radius 1 is 0.958 bits per heavy atom. The minimum atomic E-state index is -0.306. The molecule has 2 aromatic carbocycles. The Labute approximate surface area is 146 Å². The lowest BCUT2D eigenvalue weighted by Crippen LogP contribution is -2.07. The van der Waals surface area contributed by atoms with Gasteiger partial charge < -0.3 is 4.74 Å². The molecule has 0 atom stereocenters. The molecule has 1 fully saturated rings. The van der Waals surface area contributed by atoms with Crippen LogP contribution in [0.4, 0.5) is 0 Å². The molecular weight excluding hydrogens is 316 g/mol.